The molecule has 1 aliphatic rings. The van der Waals surface area contributed by atoms with E-state index in [4.69, 9.17) is 8.83 Å². The smallest absolute Gasteiger partial charge is 0.339 e. The number of fused-ring (bicyclic) bond motifs is 2. The average Bonchev–Trinajstić information content (AvgIpc) is 2.51. The van der Waals surface area contributed by atoms with Crippen molar-refractivity contribution < 1.29 is 29.3 Å². The second-order valence-corrected chi connectivity index (χ2v) is 7.24. The summed E-state index contributed by atoms with van der Waals surface area (Å²) in [5, 5.41) is 41.2. The highest BCUT2D eigenvalue weighted by Gasteiger charge is 2.43. The molecule has 1 aliphatic carbocycles. The third kappa shape index (κ3) is 2.96. The zero-order valence-corrected chi connectivity index (χ0v) is 14.9. The van der Waals surface area contributed by atoms with Crippen LogP contribution in [0.25, 0.3) is 11.0 Å². The van der Waals surface area contributed by atoms with E-state index in [2.05, 4.69) is 0 Å². The first-order chi connectivity index (χ1) is 13.2. The molecule has 2 heterocycles. The van der Waals surface area contributed by atoms with E-state index in [0.717, 1.165) is 6.07 Å². The van der Waals surface area contributed by atoms with Crippen molar-refractivity contribution in [3.63, 3.8) is 0 Å². The maximum absolute atomic E-state index is 13.2. The van der Waals surface area contributed by atoms with Crippen LogP contribution in [0.3, 0.4) is 0 Å². The number of phenols is 1. The standard InChI is InChI=1S/C20H18O8/c1-9-2-10(21)4-14-17(9)19(25)18-15(28-14)5-12(23)7-20(18,26)8-13-3-11(22)6-16(24)27-13/h2-4,6,12,21-23,26H,5,7-8H2,1H3/t12-,20?/m0/s1. The number of phenolic OH excluding ortho intramolecular Hbond substituents is 1. The third-order valence-electron chi connectivity index (χ3n) is 4.98. The quantitative estimate of drug-likeness (QED) is 0.515. The Labute approximate surface area is 157 Å². The normalized spacial score (nSPS) is 21.6. The van der Waals surface area contributed by atoms with Gasteiger partial charge < -0.3 is 29.3 Å². The van der Waals surface area contributed by atoms with Crippen LogP contribution in [0.1, 0.15) is 29.1 Å². The topological polar surface area (TPSA) is 141 Å². The van der Waals surface area contributed by atoms with E-state index < -0.39 is 22.8 Å². The maximum atomic E-state index is 13.2. The molecule has 4 rings (SSSR count). The van der Waals surface area contributed by atoms with E-state index in [1.54, 1.807) is 6.92 Å². The second kappa shape index (κ2) is 6.22. The fourth-order valence-corrected chi connectivity index (χ4v) is 3.99. The second-order valence-electron chi connectivity index (χ2n) is 7.24. The Morgan fingerprint density at radius 1 is 1.11 bits per heavy atom. The van der Waals surface area contributed by atoms with Crippen LogP contribution in [0.15, 0.2) is 42.7 Å². The van der Waals surface area contributed by atoms with Crippen molar-refractivity contribution in [2.75, 3.05) is 0 Å². The van der Waals surface area contributed by atoms with Crippen molar-refractivity contribution in [1.29, 1.82) is 0 Å². The van der Waals surface area contributed by atoms with Gasteiger partial charge in [-0.1, -0.05) is 0 Å². The van der Waals surface area contributed by atoms with Crippen molar-refractivity contribution in [2.24, 2.45) is 0 Å². The lowest BCUT2D eigenvalue weighted by Gasteiger charge is -2.35. The Kier molecular flexibility index (Phi) is 4.06. The summed E-state index contributed by atoms with van der Waals surface area (Å²) in [6, 6.07) is 4.77. The third-order valence-corrected chi connectivity index (χ3v) is 4.98. The van der Waals surface area contributed by atoms with E-state index in [1.165, 1.54) is 18.2 Å². The van der Waals surface area contributed by atoms with Crippen molar-refractivity contribution in [3.05, 3.63) is 67.6 Å². The molecule has 8 heteroatoms. The highest BCUT2D eigenvalue weighted by Crippen LogP contribution is 2.38. The van der Waals surface area contributed by atoms with Crippen molar-refractivity contribution in [2.45, 2.75) is 37.9 Å². The number of aromatic hydroxyl groups is 2. The van der Waals surface area contributed by atoms with Gasteiger partial charge in [0.25, 0.3) is 0 Å². The molecule has 0 amide bonds. The molecule has 146 valence electrons. The van der Waals surface area contributed by atoms with Crippen molar-refractivity contribution >= 4 is 11.0 Å². The van der Waals surface area contributed by atoms with Gasteiger partial charge in [0, 0.05) is 31.4 Å². The Bertz CT molecular complexity index is 1210. The zero-order chi connectivity index (χ0) is 20.2. The molecule has 1 aromatic carbocycles. The molecule has 2 atom stereocenters. The number of rotatable bonds is 2. The van der Waals surface area contributed by atoms with Crippen molar-refractivity contribution in [1.82, 2.24) is 0 Å². The van der Waals surface area contributed by atoms with Gasteiger partial charge in [0.15, 0.2) is 5.43 Å². The summed E-state index contributed by atoms with van der Waals surface area (Å²) >= 11 is 0. The number of benzene rings is 1. The van der Waals surface area contributed by atoms with Crippen LogP contribution in [-0.2, 0) is 18.4 Å². The van der Waals surface area contributed by atoms with Crippen LogP contribution in [0.2, 0.25) is 0 Å². The largest absolute Gasteiger partial charge is 0.508 e. The molecular formula is C20H18O8. The maximum Gasteiger partial charge on any atom is 0.339 e. The minimum absolute atomic E-state index is 0.0154. The number of aliphatic hydroxyl groups excluding tert-OH is 1. The highest BCUT2D eigenvalue weighted by molar-refractivity contribution is 5.82. The van der Waals surface area contributed by atoms with Gasteiger partial charge in [-0.25, -0.2) is 4.79 Å². The molecule has 1 unspecified atom stereocenters. The van der Waals surface area contributed by atoms with Gasteiger partial charge in [0.1, 0.15) is 34.2 Å². The summed E-state index contributed by atoms with van der Waals surface area (Å²) in [7, 11) is 0. The van der Waals surface area contributed by atoms with Crippen molar-refractivity contribution in [3.8, 4) is 11.5 Å². The summed E-state index contributed by atoms with van der Waals surface area (Å²) in [5.41, 5.74) is -2.54. The molecule has 0 bridgehead atoms. The molecule has 0 spiro atoms. The fourth-order valence-electron chi connectivity index (χ4n) is 3.99. The van der Waals surface area contributed by atoms with Gasteiger partial charge in [0.2, 0.25) is 0 Å². The Morgan fingerprint density at radius 3 is 2.54 bits per heavy atom. The van der Waals surface area contributed by atoms with Crippen LogP contribution >= 0.6 is 0 Å². The Morgan fingerprint density at radius 2 is 1.82 bits per heavy atom. The zero-order valence-electron chi connectivity index (χ0n) is 14.9. The number of aryl methyl sites for hydroxylation is 1. The summed E-state index contributed by atoms with van der Waals surface area (Å²) in [6.45, 7) is 1.64. The Balaban J connectivity index is 1.95. The van der Waals surface area contributed by atoms with Gasteiger partial charge in [-0.15, -0.1) is 0 Å². The van der Waals surface area contributed by atoms with E-state index in [-0.39, 0.29) is 58.8 Å². The van der Waals surface area contributed by atoms with Crippen LogP contribution in [0, 0.1) is 6.92 Å². The molecule has 0 aliphatic heterocycles. The van der Waals surface area contributed by atoms with Gasteiger partial charge in [-0.3, -0.25) is 4.79 Å². The number of aliphatic hydroxyl groups is 2. The predicted molar refractivity (Wildman–Crippen MR) is 97.5 cm³/mol. The average molecular weight is 386 g/mol. The molecule has 0 saturated carbocycles. The highest BCUT2D eigenvalue weighted by atomic mass is 16.4. The molecule has 4 N–H and O–H groups in total. The minimum atomic E-state index is -1.87. The molecule has 0 fully saturated rings. The monoisotopic (exact) mass is 386 g/mol. The van der Waals surface area contributed by atoms with Gasteiger partial charge in [0.05, 0.1) is 23.1 Å². The molecule has 0 radical (unpaired) electrons. The first kappa shape index (κ1) is 18.3. The van der Waals surface area contributed by atoms with Crippen LogP contribution in [0.5, 0.6) is 11.5 Å². The van der Waals surface area contributed by atoms with E-state index >= 15 is 0 Å². The lowest BCUT2D eigenvalue weighted by Crippen LogP contribution is -2.43. The van der Waals surface area contributed by atoms with Gasteiger partial charge in [-0.05, 0) is 18.6 Å². The van der Waals surface area contributed by atoms with Gasteiger partial charge >= 0.3 is 5.63 Å². The molecule has 0 saturated heterocycles. The SMILES string of the molecule is Cc1cc(O)cc2oc3c(c(=O)c12)C(O)(Cc1cc(O)cc(=O)o1)C[C@@H](O)C3. The fraction of sp³-hybridized carbons (Fsp3) is 0.300. The number of hydrogen-bond donors (Lipinski definition) is 4. The number of hydrogen-bond acceptors (Lipinski definition) is 8. The summed E-state index contributed by atoms with van der Waals surface area (Å²) < 4.78 is 10.8. The summed E-state index contributed by atoms with van der Waals surface area (Å²) in [4.78, 5) is 24.8. The molecule has 8 nitrogen and oxygen atoms in total. The first-order valence-electron chi connectivity index (χ1n) is 8.69. The summed E-state index contributed by atoms with van der Waals surface area (Å²) in [5.74, 6) is -0.328. The van der Waals surface area contributed by atoms with E-state index in [1.807, 2.05) is 0 Å². The van der Waals surface area contributed by atoms with Crippen LogP contribution < -0.4 is 11.1 Å². The van der Waals surface area contributed by atoms with E-state index in [0.29, 0.717) is 5.56 Å². The lowest BCUT2D eigenvalue weighted by atomic mass is 9.77. The molecular weight excluding hydrogens is 368 g/mol. The Hall–Kier alpha value is -3.10. The lowest BCUT2D eigenvalue weighted by molar-refractivity contribution is -0.0345. The molecule has 2 aromatic heterocycles. The first-order valence-corrected chi connectivity index (χ1v) is 8.69. The molecule has 3 aromatic rings. The summed E-state index contributed by atoms with van der Waals surface area (Å²) in [6.07, 6.45) is -1.47. The van der Waals surface area contributed by atoms with Gasteiger partial charge in [-0.2, -0.15) is 0 Å². The van der Waals surface area contributed by atoms with Crippen LogP contribution in [0.4, 0.5) is 0 Å². The van der Waals surface area contributed by atoms with Crippen LogP contribution in [-0.4, -0.2) is 26.5 Å². The van der Waals surface area contributed by atoms with E-state index in [9.17, 15) is 30.0 Å². The minimum Gasteiger partial charge on any atom is -0.508 e. The molecule has 28 heavy (non-hydrogen) atoms. The predicted octanol–water partition coefficient (Wildman–Crippen LogP) is 1.20.